The maximum atomic E-state index is 8.22. The average Bonchev–Trinajstić information content (AvgIpc) is 2.15. The summed E-state index contributed by atoms with van der Waals surface area (Å²) in [5.74, 6) is 0.566. The van der Waals surface area contributed by atoms with E-state index in [0.717, 1.165) is 6.42 Å². The Morgan fingerprint density at radius 1 is 2.00 bits per heavy atom. The topological polar surface area (TPSA) is 23.8 Å². The van der Waals surface area contributed by atoms with Gasteiger partial charge in [0.2, 0.25) is 0 Å². The van der Waals surface area contributed by atoms with E-state index in [4.69, 9.17) is 5.26 Å². The minimum atomic E-state index is 0.190. The van der Waals surface area contributed by atoms with Crippen molar-refractivity contribution in [1.82, 2.24) is 0 Å². The highest BCUT2D eigenvalue weighted by molar-refractivity contribution is 7.82. The maximum Gasteiger partial charge on any atom is 0.0625 e. The second-order valence-electron chi connectivity index (χ2n) is 2.62. The summed E-state index contributed by atoms with van der Waals surface area (Å²) >= 11 is 4.31. The first-order chi connectivity index (χ1) is 3.67. The van der Waals surface area contributed by atoms with E-state index in [1.165, 1.54) is 0 Å². The number of hydrogen-bond donors (Lipinski definition) is 1. The molecule has 0 spiro atoms. The largest absolute Gasteiger partial charge is 0.198 e. The van der Waals surface area contributed by atoms with Gasteiger partial charge in [0.15, 0.2) is 0 Å². The molecule has 0 aromatic heterocycles. The molecule has 1 aliphatic carbocycles. The molecular formula is C6H9NS. The highest BCUT2D eigenvalue weighted by Gasteiger charge is 2.46. The molecule has 1 rings (SSSR count). The number of rotatable bonds is 1. The summed E-state index contributed by atoms with van der Waals surface area (Å²) in [5.41, 5.74) is 0. The van der Waals surface area contributed by atoms with Gasteiger partial charge in [-0.1, -0.05) is 6.92 Å². The van der Waals surface area contributed by atoms with Gasteiger partial charge in [0.25, 0.3) is 0 Å². The lowest BCUT2D eigenvalue weighted by atomic mass is 10.3. The summed E-state index contributed by atoms with van der Waals surface area (Å²) < 4.78 is 0.190. The van der Waals surface area contributed by atoms with Gasteiger partial charge in [-0.3, -0.25) is 0 Å². The molecule has 0 saturated heterocycles. The molecule has 2 heteroatoms. The lowest BCUT2D eigenvalue weighted by Gasteiger charge is -1.93. The molecule has 1 fully saturated rings. The summed E-state index contributed by atoms with van der Waals surface area (Å²) in [6, 6.07) is 2.14. The van der Waals surface area contributed by atoms with Crippen LogP contribution in [0, 0.1) is 17.2 Å². The fourth-order valence-corrected chi connectivity index (χ4v) is 1.15. The van der Waals surface area contributed by atoms with E-state index in [1.807, 2.05) is 0 Å². The Kier molecular flexibility index (Phi) is 1.24. The Hall–Kier alpha value is -0.160. The Morgan fingerprint density at radius 3 is 2.62 bits per heavy atom. The number of nitriles is 1. The molecule has 0 N–H and O–H groups in total. The molecule has 8 heavy (non-hydrogen) atoms. The predicted molar refractivity (Wildman–Crippen MR) is 35.7 cm³/mol. The van der Waals surface area contributed by atoms with E-state index in [2.05, 4.69) is 25.6 Å². The van der Waals surface area contributed by atoms with Gasteiger partial charge < -0.3 is 0 Å². The quantitative estimate of drug-likeness (QED) is 0.531. The van der Waals surface area contributed by atoms with Gasteiger partial charge in [-0.25, -0.2) is 0 Å². The van der Waals surface area contributed by atoms with Crippen LogP contribution in [0.3, 0.4) is 0 Å². The van der Waals surface area contributed by atoms with Crippen molar-refractivity contribution in [3.63, 3.8) is 0 Å². The van der Waals surface area contributed by atoms with Crippen LogP contribution in [0.15, 0.2) is 0 Å². The Balaban J connectivity index is 2.29. The van der Waals surface area contributed by atoms with Crippen molar-refractivity contribution in [2.75, 3.05) is 0 Å². The summed E-state index contributed by atoms with van der Waals surface area (Å²) in [7, 11) is 0. The van der Waals surface area contributed by atoms with Crippen LogP contribution < -0.4 is 0 Å². The summed E-state index contributed by atoms with van der Waals surface area (Å²) in [6.45, 7) is 2.08. The lowest BCUT2D eigenvalue weighted by Crippen LogP contribution is -1.91. The fourth-order valence-electron chi connectivity index (χ4n) is 0.842. The molecular weight excluding hydrogens is 118 g/mol. The highest BCUT2D eigenvalue weighted by Crippen LogP contribution is 2.50. The van der Waals surface area contributed by atoms with Gasteiger partial charge >= 0.3 is 0 Å². The number of nitrogens with zero attached hydrogens (tertiary/aromatic N) is 1. The highest BCUT2D eigenvalue weighted by atomic mass is 32.1. The zero-order valence-corrected chi connectivity index (χ0v) is 5.78. The molecule has 44 valence electrons. The first-order valence-electron chi connectivity index (χ1n) is 2.76. The van der Waals surface area contributed by atoms with Gasteiger partial charge in [0, 0.05) is 11.2 Å². The molecule has 2 atom stereocenters. The van der Waals surface area contributed by atoms with Crippen molar-refractivity contribution in [1.29, 1.82) is 5.26 Å². The van der Waals surface area contributed by atoms with Crippen molar-refractivity contribution < 1.29 is 0 Å². The van der Waals surface area contributed by atoms with Crippen LogP contribution in [0.1, 0.15) is 19.8 Å². The molecule has 0 bridgehead atoms. The molecule has 1 saturated carbocycles. The molecule has 0 aromatic carbocycles. The second kappa shape index (κ2) is 1.66. The Bertz CT molecular complexity index is 134. The van der Waals surface area contributed by atoms with E-state index in [0.29, 0.717) is 12.3 Å². The maximum absolute atomic E-state index is 8.22. The summed E-state index contributed by atoms with van der Waals surface area (Å²) in [6.07, 6.45) is 1.80. The number of hydrogen-bond acceptors (Lipinski definition) is 2. The van der Waals surface area contributed by atoms with E-state index in [1.54, 1.807) is 0 Å². The van der Waals surface area contributed by atoms with E-state index in [-0.39, 0.29) is 4.75 Å². The molecule has 1 nitrogen and oxygen atoms in total. The van der Waals surface area contributed by atoms with E-state index >= 15 is 0 Å². The zero-order valence-electron chi connectivity index (χ0n) is 4.89. The normalized spacial score (nSPS) is 43.4. The average molecular weight is 127 g/mol. The minimum Gasteiger partial charge on any atom is -0.198 e. The predicted octanol–water partition coefficient (Wildman–Crippen LogP) is 1.61. The van der Waals surface area contributed by atoms with Crippen LogP contribution in [0.4, 0.5) is 0 Å². The van der Waals surface area contributed by atoms with Crippen molar-refractivity contribution in [3.05, 3.63) is 0 Å². The van der Waals surface area contributed by atoms with Crippen molar-refractivity contribution in [3.8, 4) is 6.07 Å². The minimum absolute atomic E-state index is 0.190. The summed E-state index contributed by atoms with van der Waals surface area (Å²) in [5, 5.41) is 8.22. The van der Waals surface area contributed by atoms with Crippen LogP contribution in [0.25, 0.3) is 0 Å². The van der Waals surface area contributed by atoms with Crippen LogP contribution >= 0.6 is 12.6 Å². The fraction of sp³-hybridized carbons (Fsp3) is 0.833. The van der Waals surface area contributed by atoms with Gasteiger partial charge in [0.1, 0.15) is 0 Å². The zero-order chi connectivity index (χ0) is 6.20. The standard InChI is InChI=1S/C6H9NS/c1-6(8)4-5(6)2-3-7/h5,8H,2,4H2,1H3. The van der Waals surface area contributed by atoms with Crippen LogP contribution in [0.5, 0.6) is 0 Å². The van der Waals surface area contributed by atoms with Crippen molar-refractivity contribution >= 4 is 12.6 Å². The Morgan fingerprint density at radius 2 is 2.50 bits per heavy atom. The first kappa shape index (κ1) is 5.97. The SMILES string of the molecule is CC1(S)CC1CC#N. The molecule has 0 aliphatic heterocycles. The molecule has 0 heterocycles. The van der Waals surface area contributed by atoms with Crippen LogP contribution in [-0.4, -0.2) is 4.75 Å². The second-order valence-corrected chi connectivity index (χ2v) is 3.64. The van der Waals surface area contributed by atoms with Crippen LogP contribution in [-0.2, 0) is 0 Å². The van der Waals surface area contributed by atoms with E-state index < -0.39 is 0 Å². The van der Waals surface area contributed by atoms with Gasteiger partial charge in [-0.05, 0) is 12.3 Å². The van der Waals surface area contributed by atoms with Gasteiger partial charge in [-0.2, -0.15) is 17.9 Å². The molecule has 0 aromatic rings. The third-order valence-electron chi connectivity index (χ3n) is 1.72. The van der Waals surface area contributed by atoms with Gasteiger partial charge in [-0.15, -0.1) is 0 Å². The number of thiol groups is 1. The first-order valence-corrected chi connectivity index (χ1v) is 3.21. The molecule has 1 aliphatic rings. The Labute approximate surface area is 55.1 Å². The third kappa shape index (κ3) is 0.976. The van der Waals surface area contributed by atoms with Crippen molar-refractivity contribution in [2.45, 2.75) is 24.5 Å². The van der Waals surface area contributed by atoms with Crippen molar-refractivity contribution in [2.24, 2.45) is 5.92 Å². The molecule has 2 unspecified atom stereocenters. The monoisotopic (exact) mass is 127 g/mol. The lowest BCUT2D eigenvalue weighted by molar-refractivity contribution is 0.808. The smallest absolute Gasteiger partial charge is 0.0625 e. The third-order valence-corrected chi connectivity index (χ3v) is 2.26. The molecule has 0 amide bonds. The van der Waals surface area contributed by atoms with E-state index in [9.17, 15) is 0 Å². The van der Waals surface area contributed by atoms with Crippen LogP contribution in [0.2, 0.25) is 0 Å². The summed E-state index contributed by atoms with van der Waals surface area (Å²) in [4.78, 5) is 0. The molecule has 0 radical (unpaired) electrons. The van der Waals surface area contributed by atoms with Gasteiger partial charge in [0.05, 0.1) is 6.07 Å².